The number of aliphatic carboxylic acids is 2. The number of carbonyl (C=O) groups is 5. The average Bonchev–Trinajstić information content (AvgIpc) is 3.27. The summed E-state index contributed by atoms with van der Waals surface area (Å²) in [4.78, 5) is 61.8. The van der Waals surface area contributed by atoms with E-state index in [2.05, 4.69) is 10.6 Å². The van der Waals surface area contributed by atoms with Crippen LogP contribution >= 0.6 is 0 Å². The first-order valence-corrected chi connectivity index (χ1v) is 10.9. The lowest BCUT2D eigenvalue weighted by atomic mass is 10.0. The second-order valence-corrected chi connectivity index (χ2v) is 8.23. The van der Waals surface area contributed by atoms with Crippen molar-refractivity contribution in [1.29, 1.82) is 0 Å². The van der Waals surface area contributed by atoms with E-state index in [0.717, 1.165) is 0 Å². The Kier molecular flexibility index (Phi) is 9.36. The summed E-state index contributed by atoms with van der Waals surface area (Å²) in [6, 6.07) is 1.72. The Bertz CT molecular complexity index is 920. The standard InChI is InChI=1S/C22H30N4O8/c1-12(22(33)34)24-20(31)17-3-2-10-26(17)21(32)16(11-13-4-6-14(27)7-5-13)25-19(30)15(23)8-9-18(28)29/h4-7,12,15-17,27H,2-3,8-11,23H2,1H3,(H,24,31)(H,25,30)(H,28,29)(H,33,34). The zero-order valence-electron chi connectivity index (χ0n) is 18.8. The van der Waals surface area contributed by atoms with Gasteiger partial charge in [0.15, 0.2) is 0 Å². The number of carboxylic acid groups (broad SMARTS) is 2. The van der Waals surface area contributed by atoms with E-state index in [1.165, 1.54) is 24.0 Å². The van der Waals surface area contributed by atoms with E-state index >= 15 is 0 Å². The highest BCUT2D eigenvalue weighted by Gasteiger charge is 2.38. The summed E-state index contributed by atoms with van der Waals surface area (Å²) in [5, 5.41) is 32.3. The van der Waals surface area contributed by atoms with Gasteiger partial charge in [-0.05, 0) is 43.9 Å². The maximum absolute atomic E-state index is 13.4. The highest BCUT2D eigenvalue weighted by molar-refractivity contribution is 5.94. The van der Waals surface area contributed by atoms with Gasteiger partial charge in [-0.1, -0.05) is 12.1 Å². The minimum Gasteiger partial charge on any atom is -0.508 e. The number of amides is 3. The van der Waals surface area contributed by atoms with Crippen LogP contribution in [-0.2, 0) is 30.4 Å². The van der Waals surface area contributed by atoms with Crippen molar-refractivity contribution >= 4 is 29.7 Å². The van der Waals surface area contributed by atoms with E-state index in [9.17, 15) is 29.1 Å². The summed E-state index contributed by atoms with van der Waals surface area (Å²) >= 11 is 0. The van der Waals surface area contributed by atoms with Gasteiger partial charge in [-0.15, -0.1) is 0 Å². The Balaban J connectivity index is 2.20. The van der Waals surface area contributed by atoms with Crippen molar-refractivity contribution in [3.63, 3.8) is 0 Å². The molecule has 12 nitrogen and oxygen atoms in total. The number of carboxylic acids is 2. The highest BCUT2D eigenvalue weighted by atomic mass is 16.4. The number of likely N-dealkylation sites (tertiary alicyclic amines) is 1. The molecule has 0 aromatic heterocycles. The average molecular weight is 479 g/mol. The third-order valence-corrected chi connectivity index (χ3v) is 5.56. The number of benzene rings is 1. The maximum atomic E-state index is 13.4. The lowest BCUT2D eigenvalue weighted by molar-refractivity contribution is -0.144. The van der Waals surface area contributed by atoms with Crippen molar-refractivity contribution in [3.05, 3.63) is 29.8 Å². The number of rotatable bonds is 11. The molecule has 0 saturated carbocycles. The summed E-state index contributed by atoms with van der Waals surface area (Å²) in [5.41, 5.74) is 6.41. The first kappa shape index (κ1) is 26.6. The highest BCUT2D eigenvalue weighted by Crippen LogP contribution is 2.20. The second kappa shape index (κ2) is 12.0. The maximum Gasteiger partial charge on any atom is 0.325 e. The number of hydrogen-bond acceptors (Lipinski definition) is 7. The summed E-state index contributed by atoms with van der Waals surface area (Å²) in [6.07, 6.45) is 0.447. The van der Waals surface area contributed by atoms with Crippen LogP contribution in [0.15, 0.2) is 24.3 Å². The molecule has 1 saturated heterocycles. The summed E-state index contributed by atoms with van der Waals surface area (Å²) < 4.78 is 0. The normalized spacial score (nSPS) is 17.9. The fourth-order valence-corrected chi connectivity index (χ4v) is 3.63. The fourth-order valence-electron chi connectivity index (χ4n) is 3.63. The van der Waals surface area contributed by atoms with Gasteiger partial charge in [0.25, 0.3) is 0 Å². The number of aromatic hydroxyl groups is 1. The quantitative estimate of drug-likeness (QED) is 0.235. The molecule has 1 aliphatic rings. The minimum atomic E-state index is -1.21. The number of hydrogen-bond donors (Lipinski definition) is 6. The van der Waals surface area contributed by atoms with Crippen LogP contribution in [0.2, 0.25) is 0 Å². The van der Waals surface area contributed by atoms with Crippen LogP contribution < -0.4 is 16.4 Å². The number of nitrogens with zero attached hydrogens (tertiary/aromatic N) is 1. The van der Waals surface area contributed by atoms with E-state index in [-0.39, 0.29) is 31.6 Å². The molecule has 0 radical (unpaired) electrons. The van der Waals surface area contributed by atoms with Gasteiger partial charge in [-0.2, -0.15) is 0 Å². The van der Waals surface area contributed by atoms with Gasteiger partial charge in [0.1, 0.15) is 23.9 Å². The smallest absolute Gasteiger partial charge is 0.325 e. The molecule has 4 atom stereocenters. The molecule has 1 aromatic rings. The Morgan fingerprint density at radius 3 is 2.35 bits per heavy atom. The number of nitrogens with one attached hydrogen (secondary N) is 2. The molecule has 4 unspecified atom stereocenters. The third-order valence-electron chi connectivity index (χ3n) is 5.56. The monoisotopic (exact) mass is 478 g/mol. The third kappa shape index (κ3) is 7.44. The molecule has 12 heteroatoms. The van der Waals surface area contributed by atoms with Crippen LogP contribution in [-0.4, -0.2) is 80.6 Å². The van der Waals surface area contributed by atoms with Crippen LogP contribution in [0, 0.1) is 0 Å². The summed E-state index contributed by atoms with van der Waals surface area (Å²) in [5.74, 6) is -4.16. The van der Waals surface area contributed by atoms with Gasteiger partial charge < -0.3 is 36.6 Å². The van der Waals surface area contributed by atoms with Crippen molar-refractivity contribution in [1.82, 2.24) is 15.5 Å². The van der Waals surface area contributed by atoms with Crippen LogP contribution in [0.25, 0.3) is 0 Å². The molecule has 186 valence electrons. The lowest BCUT2D eigenvalue weighted by Gasteiger charge is -2.29. The first-order chi connectivity index (χ1) is 16.0. The Hall–Kier alpha value is -3.67. The van der Waals surface area contributed by atoms with E-state index in [0.29, 0.717) is 18.4 Å². The number of nitrogens with two attached hydrogens (primary N) is 1. The molecule has 7 N–H and O–H groups in total. The van der Waals surface area contributed by atoms with Gasteiger partial charge in [0, 0.05) is 19.4 Å². The van der Waals surface area contributed by atoms with Gasteiger partial charge in [-0.25, -0.2) is 0 Å². The van der Waals surface area contributed by atoms with Crippen molar-refractivity contribution in [3.8, 4) is 5.75 Å². The molecule has 1 aliphatic heterocycles. The Labute approximate surface area is 196 Å². The first-order valence-electron chi connectivity index (χ1n) is 10.9. The van der Waals surface area contributed by atoms with E-state index in [4.69, 9.17) is 15.9 Å². The molecule has 1 heterocycles. The predicted octanol–water partition coefficient (Wildman–Crippen LogP) is -0.808. The van der Waals surface area contributed by atoms with Crippen LogP contribution in [0.1, 0.15) is 38.2 Å². The van der Waals surface area contributed by atoms with E-state index in [1.807, 2.05) is 0 Å². The second-order valence-electron chi connectivity index (χ2n) is 8.23. The molecular formula is C22H30N4O8. The molecule has 34 heavy (non-hydrogen) atoms. The molecule has 3 amide bonds. The van der Waals surface area contributed by atoms with Gasteiger partial charge in [0.05, 0.1) is 6.04 Å². The topological polar surface area (TPSA) is 199 Å². The molecule has 1 fully saturated rings. The zero-order chi connectivity index (χ0) is 25.4. The number of phenols is 1. The van der Waals surface area contributed by atoms with Gasteiger partial charge in [0.2, 0.25) is 17.7 Å². The predicted molar refractivity (Wildman–Crippen MR) is 119 cm³/mol. The van der Waals surface area contributed by atoms with Crippen LogP contribution in [0.3, 0.4) is 0 Å². The van der Waals surface area contributed by atoms with Crippen LogP contribution in [0.4, 0.5) is 0 Å². The van der Waals surface area contributed by atoms with Crippen molar-refractivity contribution < 1.29 is 39.3 Å². The van der Waals surface area contributed by atoms with Crippen molar-refractivity contribution in [2.24, 2.45) is 5.73 Å². The number of carbonyl (C=O) groups excluding carboxylic acids is 3. The van der Waals surface area contributed by atoms with Gasteiger partial charge >= 0.3 is 11.9 Å². The van der Waals surface area contributed by atoms with Crippen molar-refractivity contribution in [2.45, 2.75) is 63.2 Å². The lowest BCUT2D eigenvalue weighted by Crippen LogP contribution is -2.57. The largest absolute Gasteiger partial charge is 0.508 e. The molecule has 0 spiro atoms. The summed E-state index contributed by atoms with van der Waals surface area (Å²) in [7, 11) is 0. The SMILES string of the molecule is CC(NC(=O)C1CCCN1C(=O)C(Cc1ccc(O)cc1)NC(=O)C(N)CCC(=O)O)C(=O)O. The number of phenolic OH excluding ortho intramolecular Hbond substituents is 1. The molecule has 2 rings (SSSR count). The van der Waals surface area contributed by atoms with E-state index in [1.54, 1.807) is 12.1 Å². The zero-order valence-corrected chi connectivity index (χ0v) is 18.8. The van der Waals surface area contributed by atoms with Gasteiger partial charge in [-0.3, -0.25) is 24.0 Å². The fraction of sp³-hybridized carbons (Fsp3) is 0.500. The molecule has 0 bridgehead atoms. The Morgan fingerprint density at radius 2 is 1.76 bits per heavy atom. The summed E-state index contributed by atoms with van der Waals surface area (Å²) in [6.45, 7) is 1.55. The Morgan fingerprint density at radius 1 is 1.12 bits per heavy atom. The van der Waals surface area contributed by atoms with Crippen molar-refractivity contribution in [2.75, 3.05) is 6.54 Å². The van der Waals surface area contributed by atoms with E-state index < -0.39 is 53.8 Å². The molecular weight excluding hydrogens is 448 g/mol. The molecule has 1 aromatic carbocycles. The minimum absolute atomic E-state index is 0.0233. The molecule has 0 aliphatic carbocycles. The van der Waals surface area contributed by atoms with Crippen LogP contribution in [0.5, 0.6) is 5.75 Å².